The van der Waals surface area contributed by atoms with E-state index < -0.39 is 5.60 Å². The van der Waals surface area contributed by atoms with E-state index in [0.717, 1.165) is 0 Å². The van der Waals surface area contributed by atoms with Crippen molar-refractivity contribution in [2.75, 3.05) is 33.1 Å². The number of amidine groups is 1. The Morgan fingerprint density at radius 2 is 2.25 bits per heavy atom. The van der Waals surface area contributed by atoms with Crippen LogP contribution in [0.5, 0.6) is 0 Å². The van der Waals surface area contributed by atoms with Crippen LogP contribution in [0.4, 0.5) is 0 Å². The molecule has 0 amide bonds. The summed E-state index contributed by atoms with van der Waals surface area (Å²) in [5.74, 6) is 0. The van der Waals surface area contributed by atoms with Crippen molar-refractivity contribution >= 4 is 16.9 Å². The number of nitrogens with zero attached hydrogens (tertiary/aromatic N) is 3. The van der Waals surface area contributed by atoms with Crippen LogP contribution in [0.2, 0.25) is 0 Å². The maximum atomic E-state index is 10.3. The Balaban J connectivity index is 2.58. The van der Waals surface area contributed by atoms with Crippen molar-refractivity contribution in [3.8, 4) is 6.19 Å². The number of rotatable bonds is 2. The highest BCUT2D eigenvalue weighted by atomic mass is 32.2. The summed E-state index contributed by atoms with van der Waals surface area (Å²) in [6.45, 7) is 1.67. The van der Waals surface area contributed by atoms with Crippen LogP contribution in [0.25, 0.3) is 0 Å². The zero-order valence-corrected chi connectivity index (χ0v) is 10.5. The molecule has 1 saturated heterocycles. The van der Waals surface area contributed by atoms with Crippen LogP contribution in [0, 0.1) is 11.5 Å². The molecular formula is C10H17N3O2S. The summed E-state index contributed by atoms with van der Waals surface area (Å²) in [5, 5.41) is 19.4. The van der Waals surface area contributed by atoms with Gasteiger partial charge >= 0.3 is 0 Å². The van der Waals surface area contributed by atoms with Gasteiger partial charge in [0.05, 0.1) is 5.60 Å². The third-order valence-electron chi connectivity index (χ3n) is 2.61. The molecule has 0 saturated carbocycles. The monoisotopic (exact) mass is 243 g/mol. The Bertz CT molecular complexity index is 295. The van der Waals surface area contributed by atoms with Gasteiger partial charge in [0.1, 0.15) is 0 Å². The van der Waals surface area contributed by atoms with Gasteiger partial charge in [-0.3, -0.25) is 0 Å². The summed E-state index contributed by atoms with van der Waals surface area (Å²) >= 11 is 1.40. The predicted octanol–water partition coefficient (Wildman–Crippen LogP) is 0.660. The summed E-state index contributed by atoms with van der Waals surface area (Å²) in [6, 6.07) is 0. The minimum absolute atomic E-state index is 0.484. The van der Waals surface area contributed by atoms with Gasteiger partial charge in [0.2, 0.25) is 6.19 Å². The van der Waals surface area contributed by atoms with Crippen molar-refractivity contribution in [1.82, 2.24) is 4.90 Å². The molecule has 0 aliphatic carbocycles. The van der Waals surface area contributed by atoms with Crippen molar-refractivity contribution < 1.29 is 9.84 Å². The smallest absolute Gasteiger partial charge is 0.208 e. The van der Waals surface area contributed by atoms with E-state index in [4.69, 9.17) is 10.00 Å². The average molecular weight is 243 g/mol. The Morgan fingerprint density at radius 3 is 2.75 bits per heavy atom. The number of likely N-dealkylation sites (N-methyl/N-ethyl adjacent to an activating group) is 1. The van der Waals surface area contributed by atoms with E-state index in [9.17, 15) is 5.11 Å². The minimum atomic E-state index is -0.723. The van der Waals surface area contributed by atoms with Crippen LogP contribution in [0.1, 0.15) is 12.8 Å². The van der Waals surface area contributed by atoms with Gasteiger partial charge in [-0.25, -0.2) is 0 Å². The fraction of sp³-hybridized carbons (Fsp3) is 0.800. The second-order valence-electron chi connectivity index (χ2n) is 3.89. The van der Waals surface area contributed by atoms with Gasteiger partial charge in [0, 0.05) is 39.6 Å². The van der Waals surface area contributed by atoms with Gasteiger partial charge < -0.3 is 14.7 Å². The largest absolute Gasteiger partial charge is 0.388 e. The molecule has 0 aromatic carbocycles. The lowest BCUT2D eigenvalue weighted by Gasteiger charge is -2.35. The normalized spacial score (nSPS) is 20.2. The molecule has 1 aliphatic rings. The molecule has 0 aromatic rings. The van der Waals surface area contributed by atoms with E-state index in [1.807, 2.05) is 18.2 Å². The fourth-order valence-electron chi connectivity index (χ4n) is 1.75. The Kier molecular flexibility index (Phi) is 5.06. The molecule has 6 heteroatoms. The number of hydrogen-bond donors (Lipinski definition) is 1. The van der Waals surface area contributed by atoms with Crippen LogP contribution in [-0.4, -0.2) is 53.8 Å². The second kappa shape index (κ2) is 6.09. The minimum Gasteiger partial charge on any atom is -0.388 e. The first-order valence-corrected chi connectivity index (χ1v) is 6.36. The zero-order valence-electron chi connectivity index (χ0n) is 9.64. The van der Waals surface area contributed by atoms with E-state index in [0.29, 0.717) is 37.8 Å². The highest BCUT2D eigenvalue weighted by molar-refractivity contribution is 8.13. The molecule has 5 nitrogen and oxygen atoms in total. The van der Waals surface area contributed by atoms with Crippen molar-refractivity contribution in [3.05, 3.63) is 0 Å². The number of aliphatic hydroxyl groups is 1. The average Bonchev–Trinajstić information content (AvgIpc) is 2.26. The maximum absolute atomic E-state index is 10.3. The lowest BCUT2D eigenvalue weighted by Crippen LogP contribution is -2.46. The summed E-state index contributed by atoms with van der Waals surface area (Å²) < 4.78 is 5.21. The Morgan fingerprint density at radius 1 is 1.62 bits per heavy atom. The molecule has 0 bridgehead atoms. The molecule has 0 aromatic heterocycles. The standard InChI is InChI=1S/C10H17N3O2S/c1-13(9(16-2)12-8-11)7-10(14)3-5-15-6-4-10/h14H,3-7H2,1-2H3. The Labute approximate surface area is 100 Å². The van der Waals surface area contributed by atoms with Crippen LogP contribution in [0.3, 0.4) is 0 Å². The first-order chi connectivity index (χ1) is 7.61. The molecule has 16 heavy (non-hydrogen) atoms. The van der Waals surface area contributed by atoms with Gasteiger partial charge in [0.25, 0.3) is 0 Å². The first-order valence-electron chi connectivity index (χ1n) is 5.13. The molecule has 1 rings (SSSR count). The van der Waals surface area contributed by atoms with Crippen LogP contribution < -0.4 is 0 Å². The van der Waals surface area contributed by atoms with Gasteiger partial charge in [-0.05, 0) is 6.26 Å². The molecule has 1 aliphatic heterocycles. The molecule has 90 valence electrons. The van der Waals surface area contributed by atoms with Gasteiger partial charge in [-0.2, -0.15) is 5.26 Å². The lowest BCUT2D eigenvalue weighted by molar-refractivity contribution is -0.0699. The summed E-state index contributed by atoms with van der Waals surface area (Å²) in [6.07, 6.45) is 4.89. The third kappa shape index (κ3) is 3.67. The van der Waals surface area contributed by atoms with Crippen LogP contribution in [-0.2, 0) is 4.74 Å². The summed E-state index contributed by atoms with van der Waals surface area (Å²) in [4.78, 5) is 5.53. The van der Waals surface area contributed by atoms with Gasteiger partial charge in [0.15, 0.2) is 5.17 Å². The number of hydrogen-bond acceptors (Lipinski definition) is 5. The topological polar surface area (TPSA) is 68.9 Å². The molecule has 0 unspecified atom stereocenters. The van der Waals surface area contributed by atoms with E-state index in [1.165, 1.54) is 11.8 Å². The van der Waals surface area contributed by atoms with Crippen molar-refractivity contribution in [2.24, 2.45) is 4.99 Å². The van der Waals surface area contributed by atoms with E-state index in [1.54, 1.807) is 6.19 Å². The van der Waals surface area contributed by atoms with Crippen LogP contribution >= 0.6 is 11.8 Å². The van der Waals surface area contributed by atoms with E-state index in [2.05, 4.69) is 4.99 Å². The maximum Gasteiger partial charge on any atom is 0.208 e. The zero-order chi connectivity index (χ0) is 12.0. The number of aliphatic imine (C=N–C) groups is 1. The number of ether oxygens (including phenoxy) is 1. The summed E-state index contributed by atoms with van der Waals surface area (Å²) in [5.41, 5.74) is -0.723. The number of nitriles is 1. The highest BCUT2D eigenvalue weighted by Gasteiger charge is 2.31. The molecule has 0 radical (unpaired) electrons. The fourth-order valence-corrected chi connectivity index (χ4v) is 2.26. The van der Waals surface area contributed by atoms with Crippen molar-refractivity contribution in [1.29, 1.82) is 5.26 Å². The molecule has 0 spiro atoms. The first kappa shape index (κ1) is 13.3. The van der Waals surface area contributed by atoms with Crippen molar-refractivity contribution in [2.45, 2.75) is 18.4 Å². The second-order valence-corrected chi connectivity index (χ2v) is 4.66. The molecule has 1 heterocycles. The van der Waals surface area contributed by atoms with E-state index >= 15 is 0 Å². The van der Waals surface area contributed by atoms with Gasteiger partial charge in [-0.15, -0.1) is 4.99 Å². The van der Waals surface area contributed by atoms with Crippen molar-refractivity contribution in [3.63, 3.8) is 0 Å². The molecular weight excluding hydrogens is 226 g/mol. The molecule has 1 fully saturated rings. The highest BCUT2D eigenvalue weighted by Crippen LogP contribution is 2.22. The van der Waals surface area contributed by atoms with Gasteiger partial charge in [-0.1, -0.05) is 11.8 Å². The van der Waals surface area contributed by atoms with Crippen LogP contribution in [0.15, 0.2) is 4.99 Å². The predicted molar refractivity (Wildman–Crippen MR) is 64.2 cm³/mol. The summed E-state index contributed by atoms with van der Waals surface area (Å²) in [7, 11) is 1.83. The lowest BCUT2D eigenvalue weighted by atomic mass is 9.94. The van der Waals surface area contributed by atoms with E-state index in [-0.39, 0.29) is 0 Å². The molecule has 1 N–H and O–H groups in total. The third-order valence-corrected chi connectivity index (χ3v) is 3.38. The quantitative estimate of drug-likeness (QED) is 0.438. The Hall–Kier alpha value is -0.770. The number of thioether (sulfide) groups is 1. The SMILES string of the molecule is CSC(=NC#N)N(C)CC1(O)CCOCC1. The molecule has 0 atom stereocenters.